The topological polar surface area (TPSA) is 21.3 Å². The molecule has 1 heterocycles. The SMILES string of the molecule is CC(F)c1ccc(OCC2CCCNC2)cc1. The first-order valence-corrected chi connectivity index (χ1v) is 6.33. The molecular formula is C14H20FNO. The van der Waals surface area contributed by atoms with Crippen molar-refractivity contribution in [3.05, 3.63) is 29.8 Å². The molecule has 1 aromatic carbocycles. The summed E-state index contributed by atoms with van der Waals surface area (Å²) in [6, 6.07) is 7.28. The van der Waals surface area contributed by atoms with Crippen LogP contribution in [0, 0.1) is 5.92 Å². The van der Waals surface area contributed by atoms with Crippen LogP contribution in [-0.2, 0) is 0 Å². The maximum Gasteiger partial charge on any atom is 0.122 e. The largest absolute Gasteiger partial charge is 0.493 e. The Labute approximate surface area is 102 Å². The van der Waals surface area contributed by atoms with Crippen LogP contribution < -0.4 is 10.1 Å². The van der Waals surface area contributed by atoms with Crippen LogP contribution in [0.2, 0.25) is 0 Å². The van der Waals surface area contributed by atoms with Crippen molar-refractivity contribution >= 4 is 0 Å². The summed E-state index contributed by atoms with van der Waals surface area (Å²) < 4.78 is 18.7. The minimum absolute atomic E-state index is 0.600. The fourth-order valence-corrected chi connectivity index (χ4v) is 2.11. The minimum Gasteiger partial charge on any atom is -0.493 e. The van der Waals surface area contributed by atoms with Crippen molar-refractivity contribution < 1.29 is 9.13 Å². The average Bonchev–Trinajstić information content (AvgIpc) is 2.38. The Balaban J connectivity index is 1.82. The summed E-state index contributed by atoms with van der Waals surface area (Å²) in [5.74, 6) is 1.43. The molecule has 1 fully saturated rings. The highest BCUT2D eigenvalue weighted by molar-refractivity contribution is 5.28. The molecule has 94 valence electrons. The van der Waals surface area contributed by atoms with Crippen LogP contribution >= 0.6 is 0 Å². The van der Waals surface area contributed by atoms with E-state index in [0.717, 1.165) is 25.4 Å². The maximum absolute atomic E-state index is 13.0. The number of hydrogen-bond donors (Lipinski definition) is 1. The predicted octanol–water partition coefficient (Wildman–Crippen LogP) is 3.10. The number of rotatable bonds is 4. The molecule has 2 atom stereocenters. The molecule has 0 saturated carbocycles. The van der Waals surface area contributed by atoms with Gasteiger partial charge in [-0.05, 0) is 44.0 Å². The van der Waals surface area contributed by atoms with Crippen LogP contribution in [0.15, 0.2) is 24.3 Å². The minimum atomic E-state index is -0.911. The predicted molar refractivity (Wildman–Crippen MR) is 67.1 cm³/mol. The van der Waals surface area contributed by atoms with Crippen LogP contribution in [0.1, 0.15) is 31.5 Å². The molecule has 2 rings (SSSR count). The van der Waals surface area contributed by atoms with Gasteiger partial charge >= 0.3 is 0 Å². The summed E-state index contributed by atoms with van der Waals surface area (Å²) in [6.07, 6.45) is 1.55. The third kappa shape index (κ3) is 3.70. The summed E-state index contributed by atoms with van der Waals surface area (Å²) in [4.78, 5) is 0. The smallest absolute Gasteiger partial charge is 0.122 e. The van der Waals surface area contributed by atoms with Crippen molar-refractivity contribution in [2.75, 3.05) is 19.7 Å². The van der Waals surface area contributed by atoms with Crippen molar-refractivity contribution in [2.45, 2.75) is 25.9 Å². The quantitative estimate of drug-likeness (QED) is 0.868. The molecule has 1 aromatic rings. The van der Waals surface area contributed by atoms with E-state index in [2.05, 4.69) is 5.32 Å². The fraction of sp³-hybridized carbons (Fsp3) is 0.571. The second-order valence-corrected chi connectivity index (χ2v) is 4.71. The molecule has 0 radical (unpaired) electrons. The molecule has 1 aliphatic heterocycles. The molecule has 3 heteroatoms. The standard InChI is InChI=1S/C14H20FNO/c1-11(15)13-4-6-14(7-5-13)17-10-12-3-2-8-16-9-12/h4-7,11-12,16H,2-3,8-10H2,1H3. The highest BCUT2D eigenvalue weighted by Gasteiger charge is 2.13. The van der Waals surface area contributed by atoms with E-state index in [1.165, 1.54) is 12.8 Å². The van der Waals surface area contributed by atoms with Gasteiger partial charge in [0.2, 0.25) is 0 Å². The van der Waals surface area contributed by atoms with Crippen LogP contribution in [0.4, 0.5) is 4.39 Å². The normalized spacial score (nSPS) is 22.1. The molecule has 0 aromatic heterocycles. The average molecular weight is 237 g/mol. The Kier molecular flexibility index (Phi) is 4.37. The van der Waals surface area contributed by atoms with E-state index in [9.17, 15) is 4.39 Å². The monoisotopic (exact) mass is 237 g/mol. The molecule has 0 spiro atoms. The summed E-state index contributed by atoms with van der Waals surface area (Å²) in [5, 5.41) is 3.37. The molecule has 1 saturated heterocycles. The van der Waals surface area contributed by atoms with E-state index < -0.39 is 6.17 Å². The van der Waals surface area contributed by atoms with Gasteiger partial charge in [0, 0.05) is 12.5 Å². The highest BCUT2D eigenvalue weighted by atomic mass is 19.1. The number of hydrogen-bond acceptors (Lipinski definition) is 2. The Morgan fingerprint density at radius 2 is 2.18 bits per heavy atom. The lowest BCUT2D eigenvalue weighted by Crippen LogP contribution is -2.33. The van der Waals surface area contributed by atoms with E-state index in [1.54, 1.807) is 19.1 Å². The molecule has 0 amide bonds. The number of ether oxygens (including phenoxy) is 1. The number of halogens is 1. The van der Waals surface area contributed by atoms with Gasteiger partial charge < -0.3 is 10.1 Å². The second kappa shape index (κ2) is 6.01. The first kappa shape index (κ1) is 12.4. The van der Waals surface area contributed by atoms with Gasteiger partial charge in [-0.15, -0.1) is 0 Å². The van der Waals surface area contributed by atoms with E-state index in [4.69, 9.17) is 4.74 Å². The molecule has 2 nitrogen and oxygen atoms in total. The van der Waals surface area contributed by atoms with E-state index in [-0.39, 0.29) is 0 Å². The second-order valence-electron chi connectivity index (χ2n) is 4.71. The van der Waals surface area contributed by atoms with Crippen LogP contribution in [0.25, 0.3) is 0 Å². The van der Waals surface area contributed by atoms with Gasteiger partial charge in [0.25, 0.3) is 0 Å². The molecule has 1 aliphatic rings. The zero-order chi connectivity index (χ0) is 12.1. The summed E-state index contributed by atoms with van der Waals surface area (Å²) >= 11 is 0. The maximum atomic E-state index is 13.0. The lowest BCUT2D eigenvalue weighted by molar-refractivity contribution is 0.218. The van der Waals surface area contributed by atoms with Crippen molar-refractivity contribution in [1.29, 1.82) is 0 Å². The summed E-state index contributed by atoms with van der Waals surface area (Å²) in [5.41, 5.74) is 0.705. The molecule has 1 N–H and O–H groups in total. The van der Waals surface area contributed by atoms with Crippen LogP contribution in [0.3, 0.4) is 0 Å². The van der Waals surface area contributed by atoms with E-state index in [1.807, 2.05) is 12.1 Å². The summed E-state index contributed by atoms with van der Waals surface area (Å²) in [6.45, 7) is 4.46. The zero-order valence-corrected chi connectivity index (χ0v) is 10.3. The lowest BCUT2D eigenvalue weighted by atomic mass is 10.0. The first-order chi connectivity index (χ1) is 8.25. The number of piperidine rings is 1. The first-order valence-electron chi connectivity index (χ1n) is 6.33. The van der Waals surface area contributed by atoms with Crippen LogP contribution in [0.5, 0.6) is 5.75 Å². The van der Waals surface area contributed by atoms with E-state index in [0.29, 0.717) is 11.5 Å². The zero-order valence-electron chi connectivity index (χ0n) is 10.3. The fourth-order valence-electron chi connectivity index (χ4n) is 2.11. The molecule has 17 heavy (non-hydrogen) atoms. The Morgan fingerprint density at radius 3 is 2.76 bits per heavy atom. The number of alkyl halides is 1. The van der Waals surface area contributed by atoms with Gasteiger partial charge in [0.1, 0.15) is 11.9 Å². The lowest BCUT2D eigenvalue weighted by Gasteiger charge is -2.22. The number of nitrogens with one attached hydrogen (secondary N) is 1. The highest BCUT2D eigenvalue weighted by Crippen LogP contribution is 2.20. The molecule has 2 unspecified atom stereocenters. The molecule has 0 aliphatic carbocycles. The van der Waals surface area contributed by atoms with Gasteiger partial charge in [0.05, 0.1) is 6.61 Å². The van der Waals surface area contributed by atoms with Gasteiger partial charge in [0.15, 0.2) is 0 Å². The third-order valence-electron chi connectivity index (χ3n) is 3.22. The molecule has 0 bridgehead atoms. The van der Waals surface area contributed by atoms with Crippen LogP contribution in [-0.4, -0.2) is 19.7 Å². The van der Waals surface area contributed by atoms with Crippen molar-refractivity contribution in [1.82, 2.24) is 5.32 Å². The Bertz CT molecular complexity index is 331. The number of benzene rings is 1. The van der Waals surface area contributed by atoms with Gasteiger partial charge in [-0.3, -0.25) is 0 Å². The summed E-state index contributed by atoms with van der Waals surface area (Å²) in [7, 11) is 0. The van der Waals surface area contributed by atoms with Gasteiger partial charge in [-0.25, -0.2) is 4.39 Å². The van der Waals surface area contributed by atoms with Crippen molar-refractivity contribution in [2.24, 2.45) is 5.92 Å². The van der Waals surface area contributed by atoms with Crippen molar-refractivity contribution in [3.8, 4) is 5.75 Å². The van der Waals surface area contributed by atoms with Gasteiger partial charge in [-0.1, -0.05) is 12.1 Å². The van der Waals surface area contributed by atoms with E-state index >= 15 is 0 Å². The molecular weight excluding hydrogens is 217 g/mol. The third-order valence-corrected chi connectivity index (χ3v) is 3.22. The Morgan fingerprint density at radius 1 is 1.41 bits per heavy atom. The van der Waals surface area contributed by atoms with Crippen molar-refractivity contribution in [3.63, 3.8) is 0 Å². The Hall–Kier alpha value is -1.09. The van der Waals surface area contributed by atoms with Gasteiger partial charge in [-0.2, -0.15) is 0 Å².